The Bertz CT molecular complexity index is 752. The topological polar surface area (TPSA) is 46.3 Å². The van der Waals surface area contributed by atoms with Crippen LogP contribution in [0, 0.1) is 12.7 Å². The smallest absolute Gasteiger partial charge is 0.254 e. The van der Waals surface area contributed by atoms with Gasteiger partial charge in [-0.25, -0.2) is 9.37 Å². The van der Waals surface area contributed by atoms with Gasteiger partial charge in [0, 0.05) is 30.9 Å². The molecule has 5 nitrogen and oxygen atoms in total. The second kappa shape index (κ2) is 4.88. The number of benzene rings is 1. The molecule has 3 rings (SSSR count). The van der Waals surface area contributed by atoms with Gasteiger partial charge < -0.3 is 4.90 Å². The van der Waals surface area contributed by atoms with E-state index >= 15 is 0 Å². The van der Waals surface area contributed by atoms with Gasteiger partial charge in [0.25, 0.3) is 5.78 Å². The average molecular weight is 271 g/mol. The number of nitrogens with zero attached hydrogens (tertiary/aromatic N) is 5. The summed E-state index contributed by atoms with van der Waals surface area (Å²) in [5.74, 6) is 1.16. The van der Waals surface area contributed by atoms with Crippen molar-refractivity contribution in [2.45, 2.75) is 13.5 Å². The van der Waals surface area contributed by atoms with Crippen molar-refractivity contribution >= 4 is 11.6 Å². The molecule has 0 aliphatic heterocycles. The summed E-state index contributed by atoms with van der Waals surface area (Å²) in [4.78, 5) is 10.3. The summed E-state index contributed by atoms with van der Waals surface area (Å²) in [6.07, 6.45) is 1.46. The highest BCUT2D eigenvalue weighted by molar-refractivity contribution is 5.47. The van der Waals surface area contributed by atoms with Crippen LogP contribution in [0.2, 0.25) is 0 Å². The highest BCUT2D eigenvalue weighted by Crippen LogP contribution is 2.18. The van der Waals surface area contributed by atoms with Gasteiger partial charge in [-0.2, -0.15) is 14.6 Å². The van der Waals surface area contributed by atoms with Crippen LogP contribution < -0.4 is 4.90 Å². The van der Waals surface area contributed by atoms with Crippen molar-refractivity contribution in [2.24, 2.45) is 0 Å². The zero-order chi connectivity index (χ0) is 14.1. The Morgan fingerprint density at radius 1 is 1.30 bits per heavy atom. The fourth-order valence-corrected chi connectivity index (χ4v) is 2.15. The molecule has 0 fully saturated rings. The summed E-state index contributed by atoms with van der Waals surface area (Å²) < 4.78 is 15.4. The van der Waals surface area contributed by atoms with Crippen LogP contribution in [-0.4, -0.2) is 26.6 Å². The summed E-state index contributed by atoms with van der Waals surface area (Å²) in [5.41, 5.74) is 1.48. The Hall–Kier alpha value is -2.50. The lowest BCUT2D eigenvalue weighted by Crippen LogP contribution is -2.21. The molecule has 20 heavy (non-hydrogen) atoms. The second-order valence-electron chi connectivity index (χ2n) is 4.68. The number of hydrogen-bond donors (Lipinski definition) is 0. The van der Waals surface area contributed by atoms with Gasteiger partial charge in [-0.1, -0.05) is 18.2 Å². The quantitative estimate of drug-likeness (QED) is 0.732. The number of aromatic nitrogens is 4. The molecule has 0 unspecified atom stereocenters. The Morgan fingerprint density at radius 3 is 2.90 bits per heavy atom. The normalized spacial score (nSPS) is 10.9. The standard InChI is InChI=1S/C14H14FN5/c1-10-7-13(20-14(18-10)16-9-17-20)19(2)8-11-5-3-4-6-12(11)15/h3-7,9H,8H2,1-2H3. The van der Waals surface area contributed by atoms with Crippen molar-refractivity contribution in [1.29, 1.82) is 0 Å². The van der Waals surface area contributed by atoms with Crippen molar-refractivity contribution in [3.63, 3.8) is 0 Å². The predicted octanol–water partition coefficient (Wildman–Crippen LogP) is 2.21. The summed E-state index contributed by atoms with van der Waals surface area (Å²) >= 11 is 0. The van der Waals surface area contributed by atoms with E-state index in [1.165, 1.54) is 12.4 Å². The third-order valence-corrected chi connectivity index (χ3v) is 3.12. The van der Waals surface area contributed by atoms with E-state index < -0.39 is 0 Å². The number of fused-ring (bicyclic) bond motifs is 1. The zero-order valence-electron chi connectivity index (χ0n) is 11.3. The van der Waals surface area contributed by atoms with Crippen LogP contribution in [0.4, 0.5) is 10.2 Å². The Balaban J connectivity index is 1.98. The Labute approximate surface area is 115 Å². The van der Waals surface area contributed by atoms with E-state index in [1.54, 1.807) is 16.6 Å². The van der Waals surface area contributed by atoms with Crippen LogP contribution in [0.1, 0.15) is 11.3 Å². The predicted molar refractivity (Wildman–Crippen MR) is 74.0 cm³/mol. The first-order chi connectivity index (χ1) is 9.65. The lowest BCUT2D eigenvalue weighted by molar-refractivity contribution is 0.607. The van der Waals surface area contributed by atoms with E-state index in [4.69, 9.17) is 0 Å². The SMILES string of the molecule is Cc1cc(N(C)Cc2ccccc2F)n2ncnc2n1. The largest absolute Gasteiger partial charge is 0.355 e. The van der Waals surface area contributed by atoms with Gasteiger partial charge in [-0.15, -0.1) is 0 Å². The lowest BCUT2D eigenvalue weighted by atomic mass is 10.2. The first-order valence-corrected chi connectivity index (χ1v) is 6.27. The minimum atomic E-state index is -0.208. The third-order valence-electron chi connectivity index (χ3n) is 3.12. The average Bonchev–Trinajstić information content (AvgIpc) is 2.88. The molecule has 0 bridgehead atoms. The van der Waals surface area contributed by atoms with Gasteiger partial charge in [0.1, 0.15) is 18.0 Å². The van der Waals surface area contributed by atoms with Crippen molar-refractivity contribution < 1.29 is 4.39 Å². The Morgan fingerprint density at radius 2 is 2.10 bits per heavy atom. The first kappa shape index (κ1) is 12.5. The monoisotopic (exact) mass is 271 g/mol. The van der Waals surface area contributed by atoms with Crippen LogP contribution >= 0.6 is 0 Å². The van der Waals surface area contributed by atoms with E-state index in [0.717, 1.165) is 11.5 Å². The third kappa shape index (κ3) is 2.20. The Kier molecular flexibility index (Phi) is 3.06. The molecule has 2 heterocycles. The molecule has 0 aliphatic carbocycles. The van der Waals surface area contributed by atoms with E-state index in [0.29, 0.717) is 17.9 Å². The van der Waals surface area contributed by atoms with Gasteiger partial charge in [0.05, 0.1) is 0 Å². The maximum atomic E-state index is 13.7. The summed E-state index contributed by atoms with van der Waals surface area (Å²) in [5, 5.41) is 4.15. The minimum Gasteiger partial charge on any atom is -0.355 e. The summed E-state index contributed by atoms with van der Waals surface area (Å²) in [6, 6.07) is 8.66. The highest BCUT2D eigenvalue weighted by Gasteiger charge is 2.11. The summed E-state index contributed by atoms with van der Waals surface area (Å²) in [6.45, 7) is 2.35. The molecule has 0 spiro atoms. The van der Waals surface area contributed by atoms with Crippen molar-refractivity contribution in [1.82, 2.24) is 19.6 Å². The van der Waals surface area contributed by atoms with E-state index in [2.05, 4.69) is 15.1 Å². The van der Waals surface area contributed by atoms with E-state index in [-0.39, 0.29) is 5.82 Å². The zero-order valence-corrected chi connectivity index (χ0v) is 11.3. The van der Waals surface area contributed by atoms with Gasteiger partial charge in [0.15, 0.2) is 0 Å². The lowest BCUT2D eigenvalue weighted by Gasteiger charge is -2.20. The van der Waals surface area contributed by atoms with Crippen molar-refractivity contribution in [3.05, 3.63) is 53.7 Å². The fourth-order valence-electron chi connectivity index (χ4n) is 2.15. The molecule has 2 aromatic heterocycles. The molecule has 0 radical (unpaired) electrons. The molecule has 0 amide bonds. The molecule has 0 saturated heterocycles. The van der Waals surface area contributed by atoms with Crippen molar-refractivity contribution in [2.75, 3.05) is 11.9 Å². The maximum absolute atomic E-state index is 13.7. The molecular weight excluding hydrogens is 257 g/mol. The van der Waals surface area contributed by atoms with Crippen LogP contribution in [0.15, 0.2) is 36.7 Å². The van der Waals surface area contributed by atoms with Crippen LogP contribution in [0.5, 0.6) is 0 Å². The van der Waals surface area contributed by atoms with Gasteiger partial charge in [0.2, 0.25) is 0 Å². The van der Waals surface area contributed by atoms with E-state index in [9.17, 15) is 4.39 Å². The molecule has 6 heteroatoms. The van der Waals surface area contributed by atoms with Gasteiger partial charge >= 0.3 is 0 Å². The second-order valence-corrected chi connectivity index (χ2v) is 4.68. The van der Waals surface area contributed by atoms with Crippen molar-refractivity contribution in [3.8, 4) is 0 Å². The van der Waals surface area contributed by atoms with Crippen LogP contribution in [0.25, 0.3) is 5.78 Å². The molecule has 3 aromatic rings. The number of halogens is 1. The number of aryl methyl sites for hydroxylation is 1. The highest BCUT2D eigenvalue weighted by atomic mass is 19.1. The fraction of sp³-hybridized carbons (Fsp3) is 0.214. The molecule has 0 atom stereocenters. The summed E-state index contributed by atoms with van der Waals surface area (Å²) in [7, 11) is 1.89. The first-order valence-electron chi connectivity index (χ1n) is 6.27. The minimum absolute atomic E-state index is 0.208. The molecule has 0 N–H and O–H groups in total. The van der Waals surface area contributed by atoms with Gasteiger partial charge in [-0.3, -0.25) is 0 Å². The molecule has 1 aromatic carbocycles. The number of hydrogen-bond acceptors (Lipinski definition) is 4. The van der Waals surface area contributed by atoms with Gasteiger partial charge in [-0.05, 0) is 13.0 Å². The molecule has 0 aliphatic rings. The number of rotatable bonds is 3. The molecule has 0 saturated carbocycles. The number of anilines is 1. The van der Waals surface area contributed by atoms with Crippen LogP contribution in [-0.2, 0) is 6.54 Å². The molecule has 102 valence electrons. The van der Waals surface area contributed by atoms with Crippen LogP contribution in [0.3, 0.4) is 0 Å². The molecular formula is C14H14FN5. The maximum Gasteiger partial charge on any atom is 0.254 e. The van der Waals surface area contributed by atoms with E-state index in [1.807, 2.05) is 31.0 Å².